The molecular formula is C13H23N3. The Kier molecular flexibility index (Phi) is 3.86. The molecule has 90 valence electrons. The van der Waals surface area contributed by atoms with Gasteiger partial charge in [-0.15, -0.1) is 0 Å². The molecule has 1 saturated carbocycles. The third-order valence-electron chi connectivity index (χ3n) is 3.35. The second-order valence-corrected chi connectivity index (χ2v) is 5.26. The largest absolute Gasteiger partial charge is 0.383 e. The van der Waals surface area contributed by atoms with E-state index in [1.165, 1.54) is 37.8 Å². The van der Waals surface area contributed by atoms with Gasteiger partial charge in [0.2, 0.25) is 0 Å². The SMILES string of the molecule is CC(C)CCNc1cnn(C2CCCC2)c1. The van der Waals surface area contributed by atoms with Gasteiger partial charge in [0.05, 0.1) is 17.9 Å². The van der Waals surface area contributed by atoms with Crippen molar-refractivity contribution in [3.63, 3.8) is 0 Å². The lowest BCUT2D eigenvalue weighted by atomic mass is 10.1. The topological polar surface area (TPSA) is 29.9 Å². The molecule has 0 spiro atoms. The summed E-state index contributed by atoms with van der Waals surface area (Å²) in [5, 5.41) is 7.89. The average Bonchev–Trinajstić information content (AvgIpc) is 2.85. The Bertz CT molecular complexity index is 311. The molecule has 1 aliphatic carbocycles. The molecule has 1 fully saturated rings. The molecule has 16 heavy (non-hydrogen) atoms. The van der Waals surface area contributed by atoms with Crippen molar-refractivity contribution in [2.24, 2.45) is 5.92 Å². The van der Waals surface area contributed by atoms with Crippen molar-refractivity contribution >= 4 is 5.69 Å². The Morgan fingerprint density at radius 1 is 1.44 bits per heavy atom. The van der Waals surface area contributed by atoms with Crippen molar-refractivity contribution in [2.45, 2.75) is 52.0 Å². The maximum atomic E-state index is 4.45. The van der Waals surface area contributed by atoms with Gasteiger partial charge in [-0.25, -0.2) is 0 Å². The number of hydrogen-bond acceptors (Lipinski definition) is 2. The van der Waals surface area contributed by atoms with E-state index in [-0.39, 0.29) is 0 Å². The van der Waals surface area contributed by atoms with Crippen LogP contribution in [-0.2, 0) is 0 Å². The second kappa shape index (κ2) is 5.37. The molecule has 3 nitrogen and oxygen atoms in total. The summed E-state index contributed by atoms with van der Waals surface area (Å²) in [4.78, 5) is 0. The van der Waals surface area contributed by atoms with Crippen molar-refractivity contribution in [3.05, 3.63) is 12.4 Å². The van der Waals surface area contributed by atoms with Gasteiger partial charge < -0.3 is 5.32 Å². The Morgan fingerprint density at radius 3 is 2.88 bits per heavy atom. The van der Waals surface area contributed by atoms with Gasteiger partial charge in [0.25, 0.3) is 0 Å². The van der Waals surface area contributed by atoms with Crippen LogP contribution in [0.5, 0.6) is 0 Å². The Labute approximate surface area is 98.2 Å². The predicted molar refractivity (Wildman–Crippen MR) is 67.7 cm³/mol. The highest BCUT2D eigenvalue weighted by Gasteiger charge is 2.17. The molecule has 2 rings (SSSR count). The van der Waals surface area contributed by atoms with Gasteiger partial charge in [0.15, 0.2) is 0 Å². The number of nitrogens with zero attached hydrogens (tertiary/aromatic N) is 2. The first kappa shape index (κ1) is 11.5. The lowest BCUT2D eigenvalue weighted by Crippen LogP contribution is -2.05. The van der Waals surface area contributed by atoms with Crippen LogP contribution in [0.3, 0.4) is 0 Å². The molecule has 0 aliphatic heterocycles. The molecule has 0 saturated heterocycles. The van der Waals surface area contributed by atoms with Crippen LogP contribution in [0.1, 0.15) is 52.0 Å². The van der Waals surface area contributed by atoms with Crippen molar-refractivity contribution in [2.75, 3.05) is 11.9 Å². The minimum absolute atomic E-state index is 0.653. The van der Waals surface area contributed by atoms with E-state index in [1.54, 1.807) is 0 Å². The van der Waals surface area contributed by atoms with Gasteiger partial charge in [-0.3, -0.25) is 4.68 Å². The fourth-order valence-corrected chi connectivity index (χ4v) is 2.30. The van der Waals surface area contributed by atoms with Crippen LogP contribution in [0, 0.1) is 5.92 Å². The molecule has 0 atom stereocenters. The van der Waals surface area contributed by atoms with Gasteiger partial charge in [0.1, 0.15) is 0 Å². The van der Waals surface area contributed by atoms with E-state index >= 15 is 0 Å². The van der Waals surface area contributed by atoms with E-state index in [4.69, 9.17) is 0 Å². The summed E-state index contributed by atoms with van der Waals surface area (Å²) in [6, 6.07) is 0.653. The Hall–Kier alpha value is -0.990. The summed E-state index contributed by atoms with van der Waals surface area (Å²) in [5.74, 6) is 0.761. The number of anilines is 1. The van der Waals surface area contributed by atoms with Crippen LogP contribution in [0.25, 0.3) is 0 Å². The maximum absolute atomic E-state index is 4.45. The lowest BCUT2D eigenvalue weighted by Gasteiger charge is -2.09. The molecule has 0 amide bonds. The fraction of sp³-hybridized carbons (Fsp3) is 0.769. The highest BCUT2D eigenvalue weighted by Crippen LogP contribution is 2.29. The molecule has 0 bridgehead atoms. The van der Waals surface area contributed by atoms with Crippen LogP contribution >= 0.6 is 0 Å². The van der Waals surface area contributed by atoms with Gasteiger partial charge in [-0.1, -0.05) is 26.7 Å². The van der Waals surface area contributed by atoms with Gasteiger partial charge in [-0.2, -0.15) is 5.10 Å². The lowest BCUT2D eigenvalue weighted by molar-refractivity contribution is 0.467. The summed E-state index contributed by atoms with van der Waals surface area (Å²) < 4.78 is 2.14. The monoisotopic (exact) mass is 221 g/mol. The first-order chi connectivity index (χ1) is 7.75. The van der Waals surface area contributed by atoms with E-state index in [1.807, 2.05) is 6.20 Å². The number of nitrogens with one attached hydrogen (secondary N) is 1. The first-order valence-corrected chi connectivity index (χ1v) is 6.53. The molecule has 1 N–H and O–H groups in total. The maximum Gasteiger partial charge on any atom is 0.0726 e. The smallest absolute Gasteiger partial charge is 0.0726 e. The summed E-state index contributed by atoms with van der Waals surface area (Å²) >= 11 is 0. The zero-order valence-corrected chi connectivity index (χ0v) is 10.4. The minimum Gasteiger partial charge on any atom is -0.383 e. The van der Waals surface area contributed by atoms with E-state index in [9.17, 15) is 0 Å². The third kappa shape index (κ3) is 3.00. The third-order valence-corrected chi connectivity index (χ3v) is 3.35. The quantitative estimate of drug-likeness (QED) is 0.825. The summed E-state index contributed by atoms with van der Waals surface area (Å²) in [6.07, 6.45) is 10.7. The van der Waals surface area contributed by atoms with E-state index in [0.29, 0.717) is 6.04 Å². The Morgan fingerprint density at radius 2 is 2.19 bits per heavy atom. The van der Waals surface area contributed by atoms with E-state index in [0.717, 1.165) is 12.5 Å². The molecule has 1 aromatic rings. The molecule has 1 aromatic heterocycles. The molecule has 1 aliphatic rings. The normalized spacial score (nSPS) is 17.2. The molecular weight excluding hydrogens is 198 g/mol. The van der Waals surface area contributed by atoms with Gasteiger partial charge in [-0.05, 0) is 25.2 Å². The summed E-state index contributed by atoms with van der Waals surface area (Å²) in [7, 11) is 0. The average molecular weight is 221 g/mol. The zero-order chi connectivity index (χ0) is 11.4. The van der Waals surface area contributed by atoms with Crippen LogP contribution in [0.4, 0.5) is 5.69 Å². The summed E-state index contributed by atoms with van der Waals surface area (Å²) in [5.41, 5.74) is 1.17. The highest BCUT2D eigenvalue weighted by atomic mass is 15.3. The molecule has 1 heterocycles. The van der Waals surface area contributed by atoms with Crippen molar-refractivity contribution < 1.29 is 0 Å². The second-order valence-electron chi connectivity index (χ2n) is 5.26. The molecule has 3 heteroatoms. The first-order valence-electron chi connectivity index (χ1n) is 6.53. The van der Waals surface area contributed by atoms with Crippen molar-refractivity contribution in [3.8, 4) is 0 Å². The van der Waals surface area contributed by atoms with Crippen LogP contribution in [-0.4, -0.2) is 16.3 Å². The standard InChI is InChI=1S/C13H23N3/c1-11(2)7-8-14-12-9-15-16(10-12)13-5-3-4-6-13/h9-11,13-14H,3-8H2,1-2H3. The fourth-order valence-electron chi connectivity index (χ4n) is 2.30. The highest BCUT2D eigenvalue weighted by molar-refractivity contribution is 5.38. The minimum atomic E-state index is 0.653. The van der Waals surface area contributed by atoms with Crippen LogP contribution < -0.4 is 5.32 Å². The predicted octanol–water partition coefficient (Wildman–Crippen LogP) is 3.46. The van der Waals surface area contributed by atoms with E-state index < -0.39 is 0 Å². The van der Waals surface area contributed by atoms with E-state index in [2.05, 4.69) is 35.1 Å². The molecule has 0 aromatic carbocycles. The van der Waals surface area contributed by atoms with Gasteiger partial charge >= 0.3 is 0 Å². The zero-order valence-electron chi connectivity index (χ0n) is 10.4. The number of rotatable bonds is 5. The Balaban J connectivity index is 1.82. The van der Waals surface area contributed by atoms with Crippen molar-refractivity contribution in [1.82, 2.24) is 9.78 Å². The number of aromatic nitrogens is 2. The molecule has 0 radical (unpaired) electrons. The summed E-state index contributed by atoms with van der Waals surface area (Å²) in [6.45, 7) is 5.56. The molecule has 0 unspecified atom stereocenters. The van der Waals surface area contributed by atoms with Crippen LogP contribution in [0.15, 0.2) is 12.4 Å². The van der Waals surface area contributed by atoms with Crippen LogP contribution in [0.2, 0.25) is 0 Å². The van der Waals surface area contributed by atoms with Gasteiger partial charge in [0, 0.05) is 12.7 Å². The number of hydrogen-bond donors (Lipinski definition) is 1. The van der Waals surface area contributed by atoms with Crippen molar-refractivity contribution in [1.29, 1.82) is 0 Å².